The quantitative estimate of drug-likeness (QED) is 0.155. The van der Waals surface area contributed by atoms with Gasteiger partial charge in [-0.15, -0.1) is 0 Å². The first kappa shape index (κ1) is 31.7. The number of nitrogens with zero attached hydrogens (tertiary/aromatic N) is 4. The number of pyridine rings is 1. The molecule has 0 saturated carbocycles. The van der Waals surface area contributed by atoms with Gasteiger partial charge in [0, 0.05) is 43.0 Å². The van der Waals surface area contributed by atoms with Gasteiger partial charge in [-0.25, -0.2) is 14.2 Å². The van der Waals surface area contributed by atoms with Crippen LogP contribution in [0.3, 0.4) is 0 Å². The molecule has 0 spiro atoms. The fraction of sp³-hybridized carbons (Fsp3) is 0.303. The van der Waals surface area contributed by atoms with Gasteiger partial charge in [0.15, 0.2) is 5.82 Å². The molecule has 4 aromatic rings. The van der Waals surface area contributed by atoms with Crippen molar-refractivity contribution in [3.8, 4) is 11.8 Å². The van der Waals surface area contributed by atoms with Crippen LogP contribution in [0.5, 0.6) is 0 Å². The fourth-order valence-electron chi connectivity index (χ4n) is 3.98. The highest BCUT2D eigenvalue weighted by atomic mass is 19.1. The summed E-state index contributed by atoms with van der Waals surface area (Å²) in [5.74, 6) is 6.33. The van der Waals surface area contributed by atoms with E-state index < -0.39 is 17.7 Å². The number of ether oxygens (including phenoxy) is 1. The Balaban J connectivity index is 1.41. The second-order valence-electron chi connectivity index (χ2n) is 11.1. The molecule has 0 fully saturated rings. The number of rotatable bonds is 9. The lowest BCUT2D eigenvalue weighted by atomic mass is 10.2. The van der Waals surface area contributed by atoms with E-state index in [2.05, 4.69) is 42.7 Å². The second-order valence-corrected chi connectivity index (χ2v) is 11.1. The van der Waals surface area contributed by atoms with Crippen molar-refractivity contribution >= 4 is 46.0 Å². The molecule has 11 heteroatoms. The second kappa shape index (κ2) is 14.3. The predicted molar refractivity (Wildman–Crippen MR) is 169 cm³/mol. The molecule has 4 rings (SSSR count). The molecule has 0 bridgehead atoms. The van der Waals surface area contributed by atoms with E-state index in [1.165, 1.54) is 24.1 Å². The highest BCUT2D eigenvalue weighted by Gasteiger charge is 2.26. The van der Waals surface area contributed by atoms with Crippen LogP contribution in [0.2, 0.25) is 0 Å². The number of nitrogens with one attached hydrogen (secondary N) is 3. The molecule has 0 saturated heterocycles. The van der Waals surface area contributed by atoms with Crippen LogP contribution in [-0.2, 0) is 9.53 Å². The van der Waals surface area contributed by atoms with Gasteiger partial charge in [0.05, 0.1) is 17.3 Å². The van der Waals surface area contributed by atoms with Crippen molar-refractivity contribution in [1.82, 2.24) is 25.2 Å². The third kappa shape index (κ3) is 9.13. The van der Waals surface area contributed by atoms with E-state index in [9.17, 15) is 14.0 Å². The number of hydrogen-bond acceptors (Lipinski definition) is 8. The molecule has 3 N–H and O–H groups in total. The molecule has 0 aliphatic heterocycles. The van der Waals surface area contributed by atoms with Crippen LogP contribution >= 0.6 is 0 Å². The molecule has 2 aromatic carbocycles. The van der Waals surface area contributed by atoms with Crippen LogP contribution < -0.4 is 16.0 Å². The van der Waals surface area contributed by atoms with Gasteiger partial charge in [0.1, 0.15) is 17.5 Å². The summed E-state index contributed by atoms with van der Waals surface area (Å²) < 4.78 is 19.0. The van der Waals surface area contributed by atoms with E-state index >= 15 is 0 Å². The van der Waals surface area contributed by atoms with Crippen LogP contribution in [0.15, 0.2) is 67.0 Å². The first-order valence-corrected chi connectivity index (χ1v) is 14.2. The zero-order valence-corrected chi connectivity index (χ0v) is 25.4. The summed E-state index contributed by atoms with van der Waals surface area (Å²) in [4.78, 5) is 39.4. The molecule has 2 amide bonds. The number of likely N-dealkylation sites (N-methyl/N-ethyl adjacent to an activating group) is 1. The first-order chi connectivity index (χ1) is 21.0. The number of carbonyl (C=O) groups excluding carboxylic acids is 2. The lowest BCUT2D eigenvalue weighted by Crippen LogP contribution is -2.47. The molecule has 10 nitrogen and oxygen atoms in total. The molecule has 0 aliphatic carbocycles. The van der Waals surface area contributed by atoms with Crippen molar-refractivity contribution < 1.29 is 18.7 Å². The predicted octanol–water partition coefficient (Wildman–Crippen LogP) is 6.15. The summed E-state index contributed by atoms with van der Waals surface area (Å²) in [5.41, 5.74) is 2.09. The van der Waals surface area contributed by atoms with Crippen LogP contribution in [0, 0.1) is 17.7 Å². The van der Waals surface area contributed by atoms with E-state index in [4.69, 9.17) is 4.74 Å². The van der Waals surface area contributed by atoms with E-state index in [0.717, 1.165) is 16.6 Å². The Morgan fingerprint density at radius 1 is 1.05 bits per heavy atom. The molecule has 2 heterocycles. The Morgan fingerprint density at radius 3 is 2.61 bits per heavy atom. The first-order valence-electron chi connectivity index (χ1n) is 14.2. The highest BCUT2D eigenvalue weighted by molar-refractivity contribution is 5.85. The largest absolute Gasteiger partial charge is 0.444 e. The number of benzene rings is 2. The van der Waals surface area contributed by atoms with Gasteiger partial charge in [-0.05, 0) is 76.6 Å². The van der Waals surface area contributed by atoms with E-state index in [1.807, 2.05) is 30.3 Å². The topological polar surface area (TPSA) is 121 Å². The Labute approximate surface area is 256 Å². The Morgan fingerprint density at radius 2 is 1.84 bits per heavy atom. The lowest BCUT2D eigenvalue weighted by Gasteiger charge is -2.28. The molecule has 44 heavy (non-hydrogen) atoms. The summed E-state index contributed by atoms with van der Waals surface area (Å²) in [5, 5.41) is 10.1. The Hall–Kier alpha value is -5.24. The van der Waals surface area contributed by atoms with E-state index in [-0.39, 0.29) is 17.7 Å². The van der Waals surface area contributed by atoms with Gasteiger partial charge in [-0.2, -0.15) is 4.98 Å². The number of fused-ring (bicyclic) bond motifs is 1. The Kier molecular flexibility index (Phi) is 10.3. The third-order valence-electron chi connectivity index (χ3n) is 6.38. The molecule has 2 aromatic heterocycles. The molecular formula is C33H36FN7O3. The summed E-state index contributed by atoms with van der Waals surface area (Å²) in [6.45, 7) is 7.36. The van der Waals surface area contributed by atoms with Crippen LogP contribution in [0.25, 0.3) is 10.9 Å². The average Bonchev–Trinajstić information content (AvgIpc) is 2.98. The van der Waals surface area contributed by atoms with Crippen LogP contribution in [0.1, 0.15) is 46.1 Å². The zero-order chi connectivity index (χ0) is 31.7. The number of amides is 2. The van der Waals surface area contributed by atoms with Gasteiger partial charge < -0.3 is 20.7 Å². The number of unbranched alkanes of at least 4 members (excludes halogenated alkanes) is 1. The molecule has 228 valence electrons. The van der Waals surface area contributed by atoms with Crippen molar-refractivity contribution in [3.05, 3.63) is 78.4 Å². The van der Waals surface area contributed by atoms with Gasteiger partial charge in [-0.3, -0.25) is 14.7 Å². The maximum atomic E-state index is 13.7. The summed E-state index contributed by atoms with van der Waals surface area (Å²) in [6, 6.07) is 15.0. The average molecular weight is 598 g/mol. The van der Waals surface area contributed by atoms with Gasteiger partial charge >= 0.3 is 6.09 Å². The third-order valence-corrected chi connectivity index (χ3v) is 6.38. The molecule has 0 radical (unpaired) electrons. The number of carbonyl (C=O) groups is 2. The zero-order valence-electron chi connectivity index (χ0n) is 25.4. The maximum Gasteiger partial charge on any atom is 0.410 e. The van der Waals surface area contributed by atoms with Crippen molar-refractivity contribution in [3.63, 3.8) is 0 Å². The molecule has 0 unspecified atom stereocenters. The minimum absolute atomic E-state index is 0.277. The minimum Gasteiger partial charge on any atom is -0.444 e. The number of halogens is 1. The van der Waals surface area contributed by atoms with E-state index in [0.29, 0.717) is 36.5 Å². The minimum atomic E-state index is -0.688. The summed E-state index contributed by atoms with van der Waals surface area (Å²) in [7, 11) is 1.53. The van der Waals surface area contributed by atoms with Crippen molar-refractivity contribution in [1.29, 1.82) is 0 Å². The standard InChI is InChI=1S/C33H36FN7O3/c1-22(41(5)32(43)44-33(2,3)4)30(42)36-17-8-6-7-11-24-21-37-31(39-26-14-9-13-25(34)20-26)40-29(24)38-27-15-16-28-23(19-27)12-10-18-35-28/h9-10,12-16,18-22H,6,8,17H2,1-5H3,(H,36,42)(H2,37,38,39,40)/t22-/m0/s1. The normalized spacial score (nSPS) is 11.6. The summed E-state index contributed by atoms with van der Waals surface area (Å²) >= 11 is 0. The number of hydrogen-bond donors (Lipinski definition) is 3. The van der Waals surface area contributed by atoms with Crippen molar-refractivity contribution in [2.45, 2.75) is 52.2 Å². The lowest BCUT2D eigenvalue weighted by molar-refractivity contribution is -0.125. The number of aromatic nitrogens is 3. The molecule has 1 atom stereocenters. The van der Waals surface area contributed by atoms with Gasteiger partial charge in [0.25, 0.3) is 0 Å². The van der Waals surface area contributed by atoms with Crippen molar-refractivity contribution in [2.75, 3.05) is 24.2 Å². The van der Waals surface area contributed by atoms with Gasteiger partial charge in [0.2, 0.25) is 11.9 Å². The summed E-state index contributed by atoms with van der Waals surface area (Å²) in [6.07, 6.45) is 3.88. The monoisotopic (exact) mass is 597 g/mol. The molecule has 0 aliphatic rings. The highest BCUT2D eigenvalue weighted by Crippen LogP contribution is 2.24. The SMILES string of the molecule is C[C@@H](C(=O)NCCCC#Cc1cnc(Nc2cccc(F)c2)nc1Nc1ccc2ncccc2c1)N(C)C(=O)OC(C)(C)C. The smallest absolute Gasteiger partial charge is 0.410 e. The van der Waals surface area contributed by atoms with Crippen LogP contribution in [-0.4, -0.2) is 57.1 Å². The fourth-order valence-corrected chi connectivity index (χ4v) is 3.98. The Bertz CT molecular complexity index is 1690. The van der Waals surface area contributed by atoms with E-state index in [1.54, 1.807) is 52.2 Å². The molecular weight excluding hydrogens is 561 g/mol. The maximum absolute atomic E-state index is 13.7. The van der Waals surface area contributed by atoms with Gasteiger partial charge in [-0.1, -0.05) is 24.0 Å². The number of anilines is 4. The van der Waals surface area contributed by atoms with Crippen molar-refractivity contribution in [2.24, 2.45) is 0 Å². The van der Waals surface area contributed by atoms with Crippen LogP contribution in [0.4, 0.5) is 32.3 Å².